The largest absolute Gasteiger partial charge is 0.486 e. The lowest BCUT2D eigenvalue weighted by atomic mass is 9.88. The summed E-state index contributed by atoms with van der Waals surface area (Å²) >= 11 is 9.53. The fourth-order valence-electron chi connectivity index (χ4n) is 4.32. The van der Waals surface area contributed by atoms with Crippen LogP contribution in [0.15, 0.2) is 85.8 Å². The molecule has 0 amide bonds. The third-order valence-corrected chi connectivity index (χ3v) is 9.47. The lowest BCUT2D eigenvalue weighted by molar-refractivity contribution is 0.00578. The lowest BCUT2D eigenvalue weighted by Gasteiger charge is -2.32. The van der Waals surface area contributed by atoms with Gasteiger partial charge in [0.05, 0.1) is 38.9 Å². The van der Waals surface area contributed by atoms with Crippen molar-refractivity contribution in [3.63, 3.8) is 0 Å². The Kier molecular flexibility index (Phi) is 29.4. The van der Waals surface area contributed by atoms with Crippen molar-refractivity contribution in [2.24, 2.45) is 11.8 Å². The monoisotopic (exact) mass is 782 g/mol. The molecule has 0 saturated carbocycles. The maximum absolute atomic E-state index is 5.86. The molecule has 0 aliphatic carbocycles. The number of rotatable bonds is 8. The van der Waals surface area contributed by atoms with Gasteiger partial charge < -0.3 is 27.9 Å². The van der Waals surface area contributed by atoms with E-state index in [1.54, 1.807) is 12.1 Å². The first kappa shape index (κ1) is 58.5. The molecule has 2 unspecified atom stereocenters. The van der Waals surface area contributed by atoms with Crippen LogP contribution in [0.4, 0.5) is 0 Å². The topological polar surface area (TPSA) is 55.4 Å². The molecule has 0 radical (unpaired) electrons. The second kappa shape index (κ2) is 26.6. The number of alkyl halides is 2. The molecule has 0 aromatic heterocycles. The molecule has 0 aromatic carbocycles. The summed E-state index contributed by atoms with van der Waals surface area (Å²) in [6, 6.07) is 0. The van der Waals surface area contributed by atoms with Crippen molar-refractivity contribution in [2.75, 3.05) is 5.34 Å². The molecule has 3 heterocycles. The summed E-state index contributed by atoms with van der Waals surface area (Å²) in [6.45, 7) is 42.0. The zero-order valence-corrected chi connectivity index (χ0v) is 36.7. The molecule has 0 aromatic rings. The second-order valence-corrected chi connectivity index (χ2v) is 16.3. The van der Waals surface area contributed by atoms with Gasteiger partial charge in [0.15, 0.2) is 0 Å². The minimum atomic E-state index is -0.250. The van der Waals surface area contributed by atoms with E-state index in [9.17, 15) is 0 Å². The molecule has 3 rings (SSSR count). The van der Waals surface area contributed by atoms with E-state index >= 15 is 0 Å². The van der Waals surface area contributed by atoms with Gasteiger partial charge in [-0.3, -0.25) is 0 Å². The zero-order valence-electron chi connectivity index (χ0n) is 35.1. The highest BCUT2D eigenvalue weighted by molar-refractivity contribution is 6.52. The summed E-state index contributed by atoms with van der Waals surface area (Å²) in [5.41, 5.74) is -1.44. The number of halogens is 2. The fourth-order valence-corrected chi connectivity index (χ4v) is 4.32. The van der Waals surface area contributed by atoms with Gasteiger partial charge in [0.1, 0.15) is 0 Å². The summed E-state index contributed by atoms with van der Waals surface area (Å²) in [7, 11) is -0.699. The molecule has 3 saturated heterocycles. The van der Waals surface area contributed by atoms with E-state index in [0.29, 0.717) is 11.8 Å². The first-order valence-corrected chi connectivity index (χ1v) is 19.0. The number of hydrogen-bond donors (Lipinski definition) is 0. The SMILES string of the molecule is C.C/C=C\C(C)/C=C/B1OC(C)(C)C(C)(C)O1.C/C=C\C(C)/C=C\B1OC(C)(C)C(C)(C)O1.C=C/C=C/C.C=CB1OC(C)(C)C(C)(C)O1.ClCCl.[BH4-]. The van der Waals surface area contributed by atoms with E-state index in [0.717, 1.165) is 0 Å². The average molecular weight is 782 g/mol. The van der Waals surface area contributed by atoms with Gasteiger partial charge in [-0.25, -0.2) is 0 Å². The van der Waals surface area contributed by atoms with E-state index in [1.165, 1.54) is 0 Å². The fraction of sp³-hybridized carbons (Fsp3) is 0.659. The predicted octanol–water partition coefficient (Wildman–Crippen LogP) is 10.9. The second-order valence-electron chi connectivity index (χ2n) is 15.5. The molecule has 3 aliphatic rings. The van der Waals surface area contributed by atoms with Gasteiger partial charge in [0.25, 0.3) is 0 Å². The van der Waals surface area contributed by atoms with Crippen LogP contribution >= 0.6 is 23.2 Å². The smallest absolute Gasteiger partial charge is 0.400 e. The zero-order chi connectivity index (χ0) is 40.3. The quantitative estimate of drug-likeness (QED) is 0.106. The van der Waals surface area contributed by atoms with Crippen molar-refractivity contribution in [1.29, 1.82) is 0 Å². The average Bonchev–Trinajstić information content (AvgIpc) is 3.45. The minimum absolute atomic E-state index is 0. The van der Waals surface area contributed by atoms with Crippen LogP contribution < -0.4 is 0 Å². The van der Waals surface area contributed by atoms with Gasteiger partial charge in [-0.15, -0.1) is 29.8 Å². The van der Waals surface area contributed by atoms with Gasteiger partial charge in [0, 0.05) is 0 Å². The molecule has 0 spiro atoms. The van der Waals surface area contributed by atoms with Crippen LogP contribution in [0, 0.1) is 11.8 Å². The molecule has 0 bridgehead atoms. The van der Waals surface area contributed by atoms with Crippen molar-refractivity contribution >= 4 is 53.0 Å². The van der Waals surface area contributed by atoms with Gasteiger partial charge in [-0.05, 0) is 116 Å². The highest BCUT2D eigenvalue weighted by atomic mass is 35.5. The first-order chi connectivity index (χ1) is 23.3. The van der Waals surface area contributed by atoms with Crippen molar-refractivity contribution in [2.45, 2.75) is 159 Å². The van der Waals surface area contributed by atoms with Crippen molar-refractivity contribution < 1.29 is 27.9 Å². The molecule has 3 fully saturated rings. The van der Waals surface area contributed by atoms with Crippen LogP contribution in [0.2, 0.25) is 0 Å². The molecule has 6 nitrogen and oxygen atoms in total. The van der Waals surface area contributed by atoms with E-state index in [4.69, 9.17) is 51.1 Å². The molecule has 3 aliphatic heterocycles. The highest BCUT2D eigenvalue weighted by Gasteiger charge is 2.51. The van der Waals surface area contributed by atoms with Gasteiger partial charge in [0.2, 0.25) is 0 Å². The Hall–Kier alpha value is -1.22. The van der Waals surface area contributed by atoms with E-state index in [1.807, 2.05) is 72.6 Å². The molecular formula is C41H79B4Cl2O6-. The summed E-state index contributed by atoms with van der Waals surface area (Å²) in [5.74, 6) is 6.52. The summed E-state index contributed by atoms with van der Waals surface area (Å²) in [6.07, 6.45) is 18.2. The van der Waals surface area contributed by atoms with Gasteiger partial charge in [-0.2, -0.15) is 0 Å². The standard InChI is InChI=1S/2C13H23BO2.C8H15BO2.C5H8.CH2Cl2.CH4.BH4/c2*1-7-8-11(2)9-10-14-15-12(3,4)13(5,6)16-14;1-6-9-10-7(2,3)8(4,5)11-9;1-3-5-4-2;2-1-3;;/h2*7-11H,1-6H3;6H,1H2,2-5H3;3-5H,1H2,2H3;1H2;2*1H4/q;;;;;;-1/b8-7-,10-9+;8-7-,10-9-;;5-4+;;;. The normalized spacial score (nSPS) is 22.4. The highest BCUT2D eigenvalue weighted by Crippen LogP contribution is 2.38. The molecule has 53 heavy (non-hydrogen) atoms. The Balaban J connectivity index is -0.000000306. The van der Waals surface area contributed by atoms with Crippen LogP contribution in [-0.4, -0.2) is 68.7 Å². The van der Waals surface area contributed by atoms with Crippen molar-refractivity contribution in [3.05, 3.63) is 85.8 Å². The van der Waals surface area contributed by atoms with E-state index in [2.05, 4.69) is 119 Å². The Morgan fingerprint density at radius 2 is 0.755 bits per heavy atom. The summed E-state index contributed by atoms with van der Waals surface area (Å²) in [5, 5.41) is 0.194. The Bertz CT molecular complexity index is 1060. The summed E-state index contributed by atoms with van der Waals surface area (Å²) in [4.78, 5) is 0. The van der Waals surface area contributed by atoms with E-state index in [-0.39, 0.29) is 76.1 Å². The van der Waals surface area contributed by atoms with Crippen molar-refractivity contribution in [3.8, 4) is 0 Å². The molecule has 0 N–H and O–H groups in total. The Morgan fingerprint density at radius 3 is 0.906 bits per heavy atom. The summed E-state index contributed by atoms with van der Waals surface area (Å²) < 4.78 is 34.6. The van der Waals surface area contributed by atoms with Gasteiger partial charge in [-0.1, -0.05) is 109 Å². The maximum Gasteiger partial charge on any atom is 0.486 e. The van der Waals surface area contributed by atoms with Crippen LogP contribution in [-0.2, 0) is 27.9 Å². The Labute approximate surface area is 341 Å². The third-order valence-electron chi connectivity index (χ3n) is 9.47. The van der Waals surface area contributed by atoms with Crippen LogP contribution in [0.3, 0.4) is 0 Å². The lowest BCUT2D eigenvalue weighted by Crippen LogP contribution is -2.41. The number of allylic oxidation sites excluding steroid dienone is 9. The minimum Gasteiger partial charge on any atom is -0.400 e. The number of hydrogen-bond acceptors (Lipinski definition) is 6. The van der Waals surface area contributed by atoms with Crippen LogP contribution in [0.25, 0.3) is 0 Å². The van der Waals surface area contributed by atoms with Crippen molar-refractivity contribution in [1.82, 2.24) is 0 Å². The molecule has 2 atom stereocenters. The van der Waals surface area contributed by atoms with Gasteiger partial charge >= 0.3 is 21.4 Å². The molecule has 12 heteroatoms. The first-order valence-electron chi connectivity index (χ1n) is 18.0. The maximum atomic E-state index is 5.86. The van der Waals surface area contributed by atoms with E-state index < -0.39 is 0 Å². The molecular weight excluding hydrogens is 703 g/mol. The van der Waals surface area contributed by atoms with Crippen LogP contribution in [0.5, 0.6) is 0 Å². The molecule has 306 valence electrons. The predicted molar refractivity (Wildman–Crippen MR) is 244 cm³/mol. The van der Waals surface area contributed by atoms with Crippen LogP contribution in [0.1, 0.15) is 125 Å². The third kappa shape index (κ3) is 21.0. The Morgan fingerprint density at radius 1 is 0.509 bits per heavy atom.